The molecule has 0 spiro atoms. The second-order valence-electron chi connectivity index (χ2n) is 8.10. The first-order valence-electron chi connectivity index (χ1n) is 7.95. The third-order valence-corrected chi connectivity index (χ3v) is 4.68. The first-order valence-corrected chi connectivity index (χ1v) is 8.47. The highest BCUT2D eigenvalue weighted by molar-refractivity contribution is 7.81. The van der Waals surface area contributed by atoms with E-state index in [0.717, 1.165) is 6.42 Å². The van der Waals surface area contributed by atoms with Crippen LogP contribution in [0.15, 0.2) is 0 Å². The van der Waals surface area contributed by atoms with Gasteiger partial charge in [-0.3, -0.25) is 4.79 Å². The van der Waals surface area contributed by atoms with Crippen LogP contribution >= 0.6 is 12.6 Å². The average Bonchev–Trinajstić information content (AvgIpc) is 2.64. The van der Waals surface area contributed by atoms with Crippen molar-refractivity contribution in [3.63, 3.8) is 0 Å². The van der Waals surface area contributed by atoms with Gasteiger partial charge in [0, 0.05) is 42.8 Å². The van der Waals surface area contributed by atoms with Crippen molar-refractivity contribution < 1.29 is 14.3 Å². The molecule has 2 rings (SSSR count). The van der Waals surface area contributed by atoms with Crippen LogP contribution in [0.25, 0.3) is 0 Å². The third-order valence-electron chi connectivity index (χ3n) is 4.34. The molecular weight excluding hydrogens is 300 g/mol. The van der Waals surface area contributed by atoms with E-state index >= 15 is 0 Å². The molecular formula is C16H28N2O3S. The monoisotopic (exact) mass is 328 g/mol. The van der Waals surface area contributed by atoms with Crippen LogP contribution in [0.3, 0.4) is 0 Å². The summed E-state index contributed by atoms with van der Waals surface area (Å²) in [5.74, 6) is 0.184. The fraction of sp³-hybridized carbons (Fsp3) is 0.875. The number of hydrogen-bond acceptors (Lipinski definition) is 4. The Hall–Kier alpha value is -0.910. The van der Waals surface area contributed by atoms with E-state index < -0.39 is 5.60 Å². The summed E-state index contributed by atoms with van der Waals surface area (Å²) in [5.41, 5.74) is -0.634. The Labute approximate surface area is 138 Å². The highest BCUT2D eigenvalue weighted by Gasteiger charge is 2.45. The summed E-state index contributed by atoms with van der Waals surface area (Å²) in [5, 5.41) is 0.132. The maximum atomic E-state index is 12.3. The maximum absolute atomic E-state index is 12.3. The molecule has 126 valence electrons. The third kappa shape index (κ3) is 3.89. The van der Waals surface area contributed by atoms with Gasteiger partial charge < -0.3 is 14.5 Å². The Morgan fingerprint density at radius 3 is 2.45 bits per heavy atom. The van der Waals surface area contributed by atoms with Crippen LogP contribution in [0.1, 0.15) is 47.5 Å². The molecule has 2 aliphatic heterocycles. The van der Waals surface area contributed by atoms with Gasteiger partial charge in [-0.1, -0.05) is 13.8 Å². The summed E-state index contributed by atoms with van der Waals surface area (Å²) in [4.78, 5) is 28.1. The Balaban J connectivity index is 2.03. The predicted molar refractivity (Wildman–Crippen MR) is 89.1 cm³/mol. The molecule has 2 saturated heterocycles. The maximum Gasteiger partial charge on any atom is 0.410 e. The SMILES string of the molecule is CC(C)(C)OC(=O)N1CCC(N2CC(S)CC2=O)C(C)(C)C1. The van der Waals surface area contributed by atoms with Crippen molar-refractivity contribution in [2.24, 2.45) is 5.41 Å². The molecule has 5 nitrogen and oxygen atoms in total. The van der Waals surface area contributed by atoms with E-state index in [0.29, 0.717) is 26.1 Å². The van der Waals surface area contributed by atoms with Crippen molar-refractivity contribution in [2.75, 3.05) is 19.6 Å². The molecule has 2 atom stereocenters. The minimum absolute atomic E-state index is 0.132. The summed E-state index contributed by atoms with van der Waals surface area (Å²) in [6.07, 6.45) is 1.04. The summed E-state index contributed by atoms with van der Waals surface area (Å²) in [6.45, 7) is 11.8. The summed E-state index contributed by atoms with van der Waals surface area (Å²) in [7, 11) is 0. The van der Waals surface area contributed by atoms with E-state index in [1.54, 1.807) is 4.90 Å². The Morgan fingerprint density at radius 1 is 1.36 bits per heavy atom. The van der Waals surface area contributed by atoms with Crippen molar-refractivity contribution in [1.82, 2.24) is 9.80 Å². The number of thiol groups is 1. The van der Waals surface area contributed by atoms with E-state index in [-0.39, 0.29) is 28.7 Å². The summed E-state index contributed by atoms with van der Waals surface area (Å²) < 4.78 is 5.46. The highest BCUT2D eigenvalue weighted by atomic mass is 32.1. The van der Waals surface area contributed by atoms with Crippen LogP contribution in [0.4, 0.5) is 4.79 Å². The first-order chi connectivity index (χ1) is 9.99. The number of rotatable bonds is 1. The summed E-state index contributed by atoms with van der Waals surface area (Å²) in [6, 6.07) is 0.163. The van der Waals surface area contributed by atoms with E-state index in [2.05, 4.69) is 26.5 Å². The zero-order chi connectivity index (χ0) is 16.7. The lowest BCUT2D eigenvalue weighted by molar-refractivity contribution is -0.133. The van der Waals surface area contributed by atoms with Crippen molar-refractivity contribution in [1.29, 1.82) is 0 Å². The highest BCUT2D eigenvalue weighted by Crippen LogP contribution is 2.36. The minimum atomic E-state index is -0.484. The van der Waals surface area contributed by atoms with Gasteiger partial charge in [-0.05, 0) is 27.2 Å². The normalized spacial score (nSPS) is 28.9. The van der Waals surface area contributed by atoms with E-state index in [1.165, 1.54) is 0 Å². The van der Waals surface area contributed by atoms with Crippen molar-refractivity contribution in [3.05, 3.63) is 0 Å². The van der Waals surface area contributed by atoms with Gasteiger partial charge in [-0.15, -0.1) is 0 Å². The summed E-state index contributed by atoms with van der Waals surface area (Å²) >= 11 is 4.44. The Bertz CT molecular complexity index is 459. The average molecular weight is 328 g/mol. The van der Waals surface area contributed by atoms with Gasteiger partial charge in [0.15, 0.2) is 0 Å². The lowest BCUT2D eigenvalue weighted by Gasteiger charge is -2.47. The zero-order valence-electron chi connectivity index (χ0n) is 14.3. The van der Waals surface area contributed by atoms with Gasteiger partial charge in [0.1, 0.15) is 5.60 Å². The number of ether oxygens (including phenoxy) is 1. The molecule has 2 aliphatic rings. The van der Waals surface area contributed by atoms with Crippen LogP contribution < -0.4 is 0 Å². The fourth-order valence-electron chi connectivity index (χ4n) is 3.42. The standard InChI is InChI=1S/C16H28N2O3S/c1-15(2,3)21-14(20)17-7-6-12(16(4,5)10-17)18-9-11(22)8-13(18)19/h11-12,22H,6-10H2,1-5H3. The topological polar surface area (TPSA) is 49.9 Å². The second kappa shape index (κ2) is 5.95. The molecule has 0 aromatic rings. The minimum Gasteiger partial charge on any atom is -0.444 e. The molecule has 2 fully saturated rings. The smallest absolute Gasteiger partial charge is 0.410 e. The number of hydrogen-bond donors (Lipinski definition) is 1. The molecule has 2 heterocycles. The number of amides is 2. The van der Waals surface area contributed by atoms with Gasteiger partial charge in [-0.25, -0.2) is 4.79 Å². The van der Waals surface area contributed by atoms with Gasteiger partial charge in [0.05, 0.1) is 0 Å². The van der Waals surface area contributed by atoms with E-state index in [9.17, 15) is 9.59 Å². The molecule has 0 saturated carbocycles. The Kier molecular flexibility index (Phi) is 4.71. The number of nitrogens with zero attached hydrogens (tertiary/aromatic N) is 2. The first kappa shape index (κ1) is 17.4. The number of carbonyl (C=O) groups excluding carboxylic acids is 2. The zero-order valence-corrected chi connectivity index (χ0v) is 15.2. The van der Waals surface area contributed by atoms with Crippen LogP contribution in [-0.4, -0.2) is 58.3 Å². The fourth-order valence-corrected chi connectivity index (χ4v) is 3.75. The van der Waals surface area contributed by atoms with E-state index in [4.69, 9.17) is 4.74 Å². The molecule has 0 aliphatic carbocycles. The quantitative estimate of drug-likeness (QED) is 0.753. The number of piperidine rings is 1. The molecule has 0 aromatic heterocycles. The number of carbonyl (C=O) groups is 2. The second-order valence-corrected chi connectivity index (χ2v) is 8.83. The van der Waals surface area contributed by atoms with Gasteiger partial charge in [0.25, 0.3) is 0 Å². The molecule has 6 heteroatoms. The number of likely N-dealkylation sites (tertiary alicyclic amines) is 2. The van der Waals surface area contributed by atoms with Crippen LogP contribution in [0.5, 0.6) is 0 Å². The molecule has 0 N–H and O–H groups in total. The lowest BCUT2D eigenvalue weighted by Crippen LogP contribution is -2.57. The molecule has 2 amide bonds. The van der Waals surface area contributed by atoms with Crippen molar-refractivity contribution >= 4 is 24.6 Å². The van der Waals surface area contributed by atoms with Crippen molar-refractivity contribution in [2.45, 2.75) is 64.4 Å². The van der Waals surface area contributed by atoms with Gasteiger partial charge in [-0.2, -0.15) is 12.6 Å². The van der Waals surface area contributed by atoms with Gasteiger partial charge >= 0.3 is 6.09 Å². The van der Waals surface area contributed by atoms with Crippen molar-refractivity contribution in [3.8, 4) is 0 Å². The molecule has 0 aromatic carbocycles. The molecule has 22 heavy (non-hydrogen) atoms. The van der Waals surface area contributed by atoms with Crippen LogP contribution in [0.2, 0.25) is 0 Å². The molecule has 0 bridgehead atoms. The molecule has 0 radical (unpaired) electrons. The predicted octanol–water partition coefficient (Wildman–Crippen LogP) is 2.55. The van der Waals surface area contributed by atoms with Crippen LogP contribution in [-0.2, 0) is 9.53 Å². The van der Waals surface area contributed by atoms with Crippen LogP contribution in [0, 0.1) is 5.41 Å². The molecule has 2 unspecified atom stereocenters. The van der Waals surface area contributed by atoms with E-state index in [1.807, 2.05) is 25.7 Å². The lowest BCUT2D eigenvalue weighted by atomic mass is 9.78. The largest absolute Gasteiger partial charge is 0.444 e. The van der Waals surface area contributed by atoms with Gasteiger partial charge in [0.2, 0.25) is 5.91 Å². The Morgan fingerprint density at radius 2 is 2.00 bits per heavy atom.